The molecule has 0 aromatic carbocycles. The lowest BCUT2D eigenvalue weighted by atomic mass is 10.2. The molecule has 0 atom stereocenters. The van der Waals surface area contributed by atoms with E-state index < -0.39 is 29.7 Å². The molecule has 0 aromatic heterocycles. The summed E-state index contributed by atoms with van der Waals surface area (Å²) in [6, 6.07) is -1.72. The summed E-state index contributed by atoms with van der Waals surface area (Å²) in [4.78, 5) is 44.0. The lowest BCUT2D eigenvalue weighted by Gasteiger charge is -2.19. The third-order valence-electron chi connectivity index (χ3n) is 1.64. The zero-order chi connectivity index (χ0) is 10.9. The number of rotatable bonds is 3. The molecule has 7 nitrogen and oxygen atoms in total. The second kappa shape index (κ2) is 3.29. The third kappa shape index (κ3) is 1.47. The maximum absolute atomic E-state index is 11.0. The van der Waals surface area contributed by atoms with Crippen LogP contribution in [0.25, 0.3) is 0 Å². The Morgan fingerprint density at radius 3 is 1.71 bits per heavy atom. The Morgan fingerprint density at radius 1 is 1.07 bits per heavy atom. The molecule has 0 saturated carbocycles. The number of nitrogens with zero attached hydrogens (tertiary/aromatic N) is 1. The minimum Gasteiger partial charge on any atom is -0.367 e. The standard InChI is InChI=1S/C7H7N3O4/c8-6(13)5(7(9)14)10-3(11)1-2-4(10)12/h1-2,5H,(H2,8,13)(H2,9,14). The van der Waals surface area contributed by atoms with Crippen LogP contribution in [0.4, 0.5) is 0 Å². The molecule has 1 heterocycles. The van der Waals surface area contributed by atoms with Crippen molar-refractivity contribution in [2.75, 3.05) is 0 Å². The maximum Gasteiger partial charge on any atom is 0.254 e. The van der Waals surface area contributed by atoms with Crippen LogP contribution in [-0.2, 0) is 19.2 Å². The normalized spacial score (nSPS) is 15.4. The van der Waals surface area contributed by atoms with Crippen molar-refractivity contribution >= 4 is 23.6 Å². The molecule has 14 heavy (non-hydrogen) atoms. The van der Waals surface area contributed by atoms with Crippen LogP contribution < -0.4 is 11.5 Å². The van der Waals surface area contributed by atoms with Crippen molar-refractivity contribution in [3.8, 4) is 0 Å². The van der Waals surface area contributed by atoms with Crippen LogP contribution in [0.15, 0.2) is 12.2 Å². The monoisotopic (exact) mass is 197 g/mol. The molecule has 1 aliphatic rings. The Hall–Kier alpha value is -2.18. The molecule has 0 saturated heterocycles. The maximum atomic E-state index is 11.0. The quantitative estimate of drug-likeness (QED) is 0.376. The molecule has 4 amide bonds. The zero-order valence-electron chi connectivity index (χ0n) is 6.97. The van der Waals surface area contributed by atoms with E-state index in [9.17, 15) is 19.2 Å². The van der Waals surface area contributed by atoms with Gasteiger partial charge in [0.15, 0.2) is 6.04 Å². The molecule has 4 N–H and O–H groups in total. The highest BCUT2D eigenvalue weighted by Gasteiger charge is 2.38. The Bertz CT molecular complexity index is 328. The van der Waals surface area contributed by atoms with Crippen LogP contribution in [0, 0.1) is 0 Å². The van der Waals surface area contributed by atoms with Crippen molar-refractivity contribution < 1.29 is 19.2 Å². The van der Waals surface area contributed by atoms with E-state index >= 15 is 0 Å². The Kier molecular flexibility index (Phi) is 2.32. The van der Waals surface area contributed by atoms with Crippen molar-refractivity contribution in [2.24, 2.45) is 11.5 Å². The third-order valence-corrected chi connectivity index (χ3v) is 1.64. The van der Waals surface area contributed by atoms with Crippen LogP contribution in [0.1, 0.15) is 0 Å². The number of imide groups is 1. The smallest absolute Gasteiger partial charge is 0.254 e. The van der Waals surface area contributed by atoms with Gasteiger partial charge in [-0.05, 0) is 0 Å². The molecule has 1 rings (SSSR count). The predicted molar refractivity (Wildman–Crippen MR) is 43.2 cm³/mol. The highest BCUT2D eigenvalue weighted by Crippen LogP contribution is 2.08. The minimum absolute atomic E-state index is 0.421. The van der Waals surface area contributed by atoms with Crippen LogP contribution in [-0.4, -0.2) is 34.6 Å². The largest absolute Gasteiger partial charge is 0.367 e. The van der Waals surface area contributed by atoms with Crippen LogP contribution in [0.2, 0.25) is 0 Å². The molecule has 0 unspecified atom stereocenters. The molecule has 0 spiro atoms. The Morgan fingerprint density at radius 2 is 1.43 bits per heavy atom. The number of amides is 4. The van der Waals surface area contributed by atoms with Crippen LogP contribution >= 0.6 is 0 Å². The van der Waals surface area contributed by atoms with Gasteiger partial charge in [-0.25, -0.2) is 0 Å². The summed E-state index contributed by atoms with van der Waals surface area (Å²) in [6.45, 7) is 0. The first-order valence-electron chi connectivity index (χ1n) is 3.59. The van der Waals surface area contributed by atoms with Crippen molar-refractivity contribution in [1.82, 2.24) is 4.90 Å². The van der Waals surface area contributed by atoms with E-state index in [4.69, 9.17) is 11.5 Å². The summed E-state index contributed by atoms with van der Waals surface area (Å²) in [5, 5.41) is 0. The summed E-state index contributed by atoms with van der Waals surface area (Å²) in [7, 11) is 0. The van der Waals surface area contributed by atoms with Gasteiger partial charge in [0, 0.05) is 12.2 Å². The fourth-order valence-corrected chi connectivity index (χ4v) is 1.06. The topological polar surface area (TPSA) is 124 Å². The average Bonchev–Trinajstić information content (AvgIpc) is 2.34. The van der Waals surface area contributed by atoms with Gasteiger partial charge < -0.3 is 11.5 Å². The number of carbonyl (C=O) groups is 4. The van der Waals surface area contributed by atoms with Gasteiger partial charge in [0.05, 0.1) is 0 Å². The second-order valence-corrected chi connectivity index (χ2v) is 2.59. The van der Waals surface area contributed by atoms with Crippen LogP contribution in [0.5, 0.6) is 0 Å². The van der Waals surface area contributed by atoms with E-state index in [1.165, 1.54) is 0 Å². The fourth-order valence-electron chi connectivity index (χ4n) is 1.06. The first kappa shape index (κ1) is 9.90. The number of hydrogen-bond acceptors (Lipinski definition) is 4. The van der Waals surface area contributed by atoms with Gasteiger partial charge in [-0.3, -0.25) is 24.1 Å². The Balaban J connectivity index is 3.01. The fraction of sp³-hybridized carbons (Fsp3) is 0.143. The predicted octanol–water partition coefficient (Wildman–Crippen LogP) is -2.75. The van der Waals surface area contributed by atoms with Gasteiger partial charge in [0.2, 0.25) is 0 Å². The van der Waals surface area contributed by atoms with Gasteiger partial charge >= 0.3 is 0 Å². The van der Waals surface area contributed by atoms with Gasteiger partial charge in [0.25, 0.3) is 23.6 Å². The average molecular weight is 197 g/mol. The summed E-state index contributed by atoms with van der Waals surface area (Å²) in [5.41, 5.74) is 9.66. The first-order valence-corrected chi connectivity index (χ1v) is 3.59. The summed E-state index contributed by atoms with van der Waals surface area (Å²) in [6.07, 6.45) is 1.86. The highest BCUT2D eigenvalue weighted by molar-refractivity contribution is 6.19. The molecule has 0 bridgehead atoms. The van der Waals surface area contributed by atoms with Crippen LogP contribution in [0.3, 0.4) is 0 Å². The Labute approximate surface area is 78.3 Å². The van der Waals surface area contributed by atoms with E-state index in [1.807, 2.05) is 0 Å². The number of hydrogen-bond donors (Lipinski definition) is 2. The SMILES string of the molecule is NC(=O)C(C(N)=O)N1C(=O)C=CC1=O. The molecular formula is C7H7N3O4. The molecule has 0 aromatic rings. The molecule has 1 aliphatic heterocycles. The minimum atomic E-state index is -1.72. The van der Waals surface area contributed by atoms with E-state index in [0.717, 1.165) is 12.2 Å². The van der Waals surface area contributed by atoms with Gasteiger partial charge in [-0.15, -0.1) is 0 Å². The lowest BCUT2D eigenvalue weighted by Crippen LogP contribution is -2.54. The van der Waals surface area contributed by atoms with E-state index in [2.05, 4.69) is 0 Å². The molecular weight excluding hydrogens is 190 g/mol. The summed E-state index contributed by atoms with van der Waals surface area (Å²) >= 11 is 0. The number of primary amides is 2. The summed E-state index contributed by atoms with van der Waals surface area (Å²) < 4.78 is 0. The second-order valence-electron chi connectivity index (χ2n) is 2.59. The molecule has 7 heteroatoms. The lowest BCUT2D eigenvalue weighted by molar-refractivity contribution is -0.149. The van der Waals surface area contributed by atoms with E-state index in [-0.39, 0.29) is 0 Å². The van der Waals surface area contributed by atoms with E-state index in [1.54, 1.807) is 0 Å². The van der Waals surface area contributed by atoms with Crippen molar-refractivity contribution in [1.29, 1.82) is 0 Å². The van der Waals surface area contributed by atoms with Gasteiger partial charge in [-0.2, -0.15) is 0 Å². The van der Waals surface area contributed by atoms with Crippen molar-refractivity contribution in [3.63, 3.8) is 0 Å². The first-order chi connectivity index (χ1) is 6.45. The highest BCUT2D eigenvalue weighted by atomic mass is 16.2. The van der Waals surface area contributed by atoms with Gasteiger partial charge in [-0.1, -0.05) is 0 Å². The molecule has 0 aliphatic carbocycles. The zero-order valence-corrected chi connectivity index (χ0v) is 6.97. The molecule has 74 valence electrons. The number of nitrogens with two attached hydrogens (primary N) is 2. The number of carbonyl (C=O) groups excluding carboxylic acids is 4. The molecule has 0 fully saturated rings. The summed E-state index contributed by atoms with van der Waals surface area (Å²) in [5.74, 6) is -3.83. The van der Waals surface area contributed by atoms with E-state index in [0.29, 0.717) is 4.90 Å². The van der Waals surface area contributed by atoms with Crippen molar-refractivity contribution in [3.05, 3.63) is 12.2 Å². The molecule has 0 radical (unpaired) electrons. The van der Waals surface area contributed by atoms with Gasteiger partial charge in [0.1, 0.15) is 0 Å². The van der Waals surface area contributed by atoms with Crippen molar-refractivity contribution in [2.45, 2.75) is 6.04 Å².